The van der Waals surface area contributed by atoms with E-state index in [0.717, 1.165) is 8.95 Å². The van der Waals surface area contributed by atoms with Crippen LogP contribution in [0.5, 0.6) is 0 Å². The van der Waals surface area contributed by atoms with Gasteiger partial charge in [0, 0.05) is 21.1 Å². The van der Waals surface area contributed by atoms with E-state index in [1.807, 2.05) is 13.0 Å². The van der Waals surface area contributed by atoms with Gasteiger partial charge in [0.05, 0.1) is 11.2 Å². The first kappa shape index (κ1) is 13.8. The molecule has 0 saturated heterocycles. The second-order valence-electron chi connectivity index (χ2n) is 3.64. The molecule has 0 bridgehead atoms. The molecule has 0 unspecified atom stereocenters. The molecule has 0 N–H and O–H groups in total. The van der Waals surface area contributed by atoms with E-state index >= 15 is 0 Å². The fourth-order valence-electron chi connectivity index (χ4n) is 1.65. The summed E-state index contributed by atoms with van der Waals surface area (Å²) in [4.78, 5) is 12.4. The molecule has 0 radical (unpaired) electrons. The Bertz CT molecular complexity index is 590. The minimum Gasteiger partial charge on any atom is -0.287 e. The number of aromatic nitrogens is 2. The minimum absolute atomic E-state index is 0.138. The van der Waals surface area contributed by atoms with Gasteiger partial charge in [0.2, 0.25) is 5.78 Å². The highest BCUT2D eigenvalue weighted by Crippen LogP contribution is 2.24. The van der Waals surface area contributed by atoms with Crippen LogP contribution in [0.4, 0.5) is 0 Å². The average molecular weight is 392 g/mol. The topological polar surface area (TPSA) is 34.9 Å². The summed E-state index contributed by atoms with van der Waals surface area (Å²) in [5.74, 6) is -0.138. The molecule has 1 aromatic heterocycles. The van der Waals surface area contributed by atoms with Crippen molar-refractivity contribution in [1.82, 2.24) is 9.78 Å². The second-order valence-corrected chi connectivity index (χ2v) is 5.88. The zero-order chi connectivity index (χ0) is 13.3. The average Bonchev–Trinajstić information content (AvgIpc) is 2.68. The summed E-state index contributed by atoms with van der Waals surface area (Å²) in [7, 11) is 0. The van der Waals surface area contributed by atoms with Crippen LogP contribution in [0.25, 0.3) is 0 Å². The quantitative estimate of drug-likeness (QED) is 0.730. The summed E-state index contributed by atoms with van der Waals surface area (Å²) >= 11 is 12.7. The Hall–Kier alpha value is -0.650. The Kier molecular flexibility index (Phi) is 4.25. The van der Waals surface area contributed by atoms with Crippen molar-refractivity contribution in [3.63, 3.8) is 0 Å². The van der Waals surface area contributed by atoms with Crippen LogP contribution in [0.3, 0.4) is 0 Å². The summed E-state index contributed by atoms with van der Waals surface area (Å²) in [6.07, 6.45) is 1.49. The Morgan fingerprint density at radius 2 is 1.94 bits per heavy atom. The van der Waals surface area contributed by atoms with Gasteiger partial charge in [-0.2, -0.15) is 5.10 Å². The molecular formula is C12H9Br2ClN2O. The van der Waals surface area contributed by atoms with Crippen molar-refractivity contribution in [3.05, 3.63) is 49.6 Å². The SMILES string of the molecule is CCn1ncc(Cl)c1C(=O)c1cc(Br)cc(Br)c1. The first-order valence-corrected chi connectivity index (χ1v) is 7.21. The molecule has 1 aromatic carbocycles. The van der Waals surface area contributed by atoms with Crippen molar-refractivity contribution < 1.29 is 4.79 Å². The maximum atomic E-state index is 12.4. The fourth-order valence-corrected chi connectivity index (χ4v) is 3.17. The highest BCUT2D eigenvalue weighted by molar-refractivity contribution is 9.11. The van der Waals surface area contributed by atoms with Crippen LogP contribution >= 0.6 is 43.5 Å². The van der Waals surface area contributed by atoms with Crippen LogP contribution < -0.4 is 0 Å². The molecule has 0 spiro atoms. The molecule has 0 aliphatic rings. The second kappa shape index (κ2) is 5.55. The van der Waals surface area contributed by atoms with E-state index in [2.05, 4.69) is 37.0 Å². The van der Waals surface area contributed by atoms with Gasteiger partial charge in [-0.3, -0.25) is 9.48 Å². The Morgan fingerprint density at radius 3 is 2.50 bits per heavy atom. The lowest BCUT2D eigenvalue weighted by Crippen LogP contribution is -2.11. The third-order valence-electron chi connectivity index (χ3n) is 2.43. The summed E-state index contributed by atoms with van der Waals surface area (Å²) < 4.78 is 3.26. The predicted molar refractivity (Wildman–Crippen MR) is 78.2 cm³/mol. The smallest absolute Gasteiger partial charge is 0.212 e. The van der Waals surface area contributed by atoms with E-state index in [1.165, 1.54) is 6.20 Å². The number of aryl methyl sites for hydroxylation is 1. The number of hydrogen-bond donors (Lipinski definition) is 0. The molecule has 94 valence electrons. The van der Waals surface area contributed by atoms with Crippen molar-refractivity contribution in [2.24, 2.45) is 0 Å². The van der Waals surface area contributed by atoms with Gasteiger partial charge in [-0.1, -0.05) is 43.5 Å². The highest BCUT2D eigenvalue weighted by atomic mass is 79.9. The third kappa shape index (κ3) is 2.68. The van der Waals surface area contributed by atoms with E-state index in [0.29, 0.717) is 22.8 Å². The van der Waals surface area contributed by atoms with Gasteiger partial charge in [-0.15, -0.1) is 0 Å². The van der Waals surface area contributed by atoms with Gasteiger partial charge in [-0.05, 0) is 25.1 Å². The van der Waals surface area contributed by atoms with Crippen LogP contribution in [-0.2, 0) is 6.54 Å². The maximum Gasteiger partial charge on any atom is 0.212 e. The number of benzene rings is 1. The van der Waals surface area contributed by atoms with Gasteiger partial charge in [0.1, 0.15) is 5.69 Å². The molecular weight excluding hydrogens is 383 g/mol. The predicted octanol–water partition coefficient (Wildman–Crippen LogP) is 4.31. The highest BCUT2D eigenvalue weighted by Gasteiger charge is 2.19. The van der Waals surface area contributed by atoms with Gasteiger partial charge >= 0.3 is 0 Å². The Morgan fingerprint density at radius 1 is 1.33 bits per heavy atom. The molecule has 18 heavy (non-hydrogen) atoms. The lowest BCUT2D eigenvalue weighted by Gasteiger charge is -2.06. The third-order valence-corrected chi connectivity index (χ3v) is 3.63. The molecule has 0 aliphatic carbocycles. The van der Waals surface area contributed by atoms with E-state index in [-0.39, 0.29) is 5.78 Å². The number of hydrogen-bond acceptors (Lipinski definition) is 2. The summed E-state index contributed by atoms with van der Waals surface area (Å²) in [6.45, 7) is 2.51. The molecule has 3 nitrogen and oxygen atoms in total. The maximum absolute atomic E-state index is 12.4. The normalized spacial score (nSPS) is 10.7. The number of halogens is 3. The van der Waals surface area contributed by atoms with Crippen molar-refractivity contribution in [2.45, 2.75) is 13.5 Å². The van der Waals surface area contributed by atoms with Crippen molar-refractivity contribution in [1.29, 1.82) is 0 Å². The standard InChI is InChI=1S/C12H9Br2ClN2O/c1-2-17-11(10(15)6-16-17)12(18)7-3-8(13)5-9(14)4-7/h3-6H,2H2,1H3. The molecule has 0 amide bonds. The lowest BCUT2D eigenvalue weighted by atomic mass is 10.1. The van der Waals surface area contributed by atoms with Crippen molar-refractivity contribution in [2.75, 3.05) is 0 Å². The summed E-state index contributed by atoms with van der Waals surface area (Å²) in [6, 6.07) is 5.39. The first-order valence-electron chi connectivity index (χ1n) is 5.25. The lowest BCUT2D eigenvalue weighted by molar-refractivity contribution is 0.102. The van der Waals surface area contributed by atoms with Crippen molar-refractivity contribution >= 4 is 49.2 Å². The van der Waals surface area contributed by atoms with E-state index < -0.39 is 0 Å². The minimum atomic E-state index is -0.138. The number of carbonyl (C=O) groups excluding carboxylic acids is 1. The van der Waals surface area contributed by atoms with Gasteiger partial charge in [-0.25, -0.2) is 0 Å². The molecule has 6 heteroatoms. The van der Waals surface area contributed by atoms with Crippen LogP contribution in [-0.4, -0.2) is 15.6 Å². The van der Waals surface area contributed by atoms with E-state index in [4.69, 9.17) is 11.6 Å². The molecule has 0 saturated carbocycles. The van der Waals surface area contributed by atoms with E-state index in [9.17, 15) is 4.79 Å². The van der Waals surface area contributed by atoms with Gasteiger partial charge in [0.25, 0.3) is 0 Å². The van der Waals surface area contributed by atoms with Gasteiger partial charge < -0.3 is 0 Å². The Labute approximate surface area is 126 Å². The van der Waals surface area contributed by atoms with Crippen LogP contribution in [0.15, 0.2) is 33.3 Å². The monoisotopic (exact) mass is 390 g/mol. The molecule has 0 aliphatic heterocycles. The molecule has 0 fully saturated rings. The Balaban J connectivity index is 2.50. The molecule has 0 atom stereocenters. The largest absolute Gasteiger partial charge is 0.287 e. The summed E-state index contributed by atoms with van der Waals surface area (Å²) in [5.41, 5.74) is 0.984. The molecule has 2 aromatic rings. The number of carbonyl (C=O) groups is 1. The zero-order valence-electron chi connectivity index (χ0n) is 9.45. The van der Waals surface area contributed by atoms with Crippen LogP contribution in [0, 0.1) is 0 Å². The number of nitrogens with zero attached hydrogens (tertiary/aromatic N) is 2. The number of ketones is 1. The zero-order valence-corrected chi connectivity index (χ0v) is 13.4. The number of rotatable bonds is 3. The van der Waals surface area contributed by atoms with Crippen molar-refractivity contribution in [3.8, 4) is 0 Å². The fraction of sp³-hybridized carbons (Fsp3) is 0.167. The molecule has 2 rings (SSSR count). The van der Waals surface area contributed by atoms with Crippen LogP contribution in [0.1, 0.15) is 23.0 Å². The summed E-state index contributed by atoms with van der Waals surface area (Å²) in [5, 5.41) is 4.44. The van der Waals surface area contributed by atoms with E-state index in [1.54, 1.807) is 16.8 Å². The van der Waals surface area contributed by atoms with Crippen LogP contribution in [0.2, 0.25) is 5.02 Å². The molecule has 1 heterocycles. The van der Waals surface area contributed by atoms with Gasteiger partial charge in [0.15, 0.2) is 0 Å². The first-order chi connectivity index (χ1) is 8.52.